The molecule has 9 nitrogen and oxygen atoms in total. The molecule has 0 aromatic heterocycles. The average molecular weight is 496 g/mol. The molecule has 190 valence electrons. The van der Waals surface area contributed by atoms with Crippen LogP contribution < -0.4 is 5.32 Å². The first kappa shape index (κ1) is 25.5. The van der Waals surface area contributed by atoms with Gasteiger partial charge in [0.2, 0.25) is 15.9 Å². The number of nitrogens with zero attached hydrogens (tertiary/aromatic N) is 2. The maximum atomic E-state index is 13.4. The molecule has 0 aliphatic carbocycles. The number of sulfonamides is 1. The third kappa shape index (κ3) is 6.56. The lowest BCUT2D eigenvalue weighted by Crippen LogP contribution is -2.57. The Balaban J connectivity index is 1.35. The number of β-amino-alcohol motifs (C(OH)–C–C–N with tert-alkyl or cyclic N) is 1. The van der Waals surface area contributed by atoms with E-state index < -0.39 is 28.3 Å². The highest BCUT2D eigenvalue weighted by molar-refractivity contribution is 7.89. The number of amides is 1. The maximum Gasteiger partial charge on any atom is 0.243 e. The van der Waals surface area contributed by atoms with E-state index in [4.69, 9.17) is 9.47 Å². The first-order chi connectivity index (χ1) is 16.4. The van der Waals surface area contributed by atoms with Gasteiger partial charge in [0, 0.05) is 19.6 Å². The van der Waals surface area contributed by atoms with Crippen molar-refractivity contribution in [3.8, 4) is 0 Å². The maximum absolute atomic E-state index is 13.4. The van der Waals surface area contributed by atoms with Gasteiger partial charge in [0.05, 0.1) is 48.9 Å². The second-order valence-electron chi connectivity index (χ2n) is 9.48. The first-order valence-electron chi connectivity index (χ1n) is 12.4. The number of aliphatic hydroxyl groups is 1. The SMILES string of the molecule is O=C(C[C@H]1CC[C@@H]2[C@H](COC[C@H](O)CN2S(=O)(=O)c2ccccc2)O1)NCCN1CCCCC1. The monoisotopic (exact) mass is 495 g/mol. The molecule has 4 rings (SSSR count). The molecule has 2 N–H and O–H groups in total. The highest BCUT2D eigenvalue weighted by Gasteiger charge is 2.43. The Morgan fingerprint density at radius 2 is 1.85 bits per heavy atom. The molecule has 0 saturated carbocycles. The van der Waals surface area contributed by atoms with Crippen LogP contribution in [0.5, 0.6) is 0 Å². The molecule has 1 aromatic rings. The minimum Gasteiger partial charge on any atom is -0.389 e. The van der Waals surface area contributed by atoms with Crippen molar-refractivity contribution in [1.29, 1.82) is 0 Å². The second-order valence-corrected chi connectivity index (χ2v) is 11.4. The Kier molecular flexibility index (Phi) is 8.95. The van der Waals surface area contributed by atoms with E-state index in [1.165, 1.54) is 23.6 Å². The number of benzene rings is 1. The Hall–Kier alpha value is -1.56. The molecular weight excluding hydrogens is 458 g/mol. The van der Waals surface area contributed by atoms with Crippen LogP contribution in [0.2, 0.25) is 0 Å². The van der Waals surface area contributed by atoms with E-state index in [9.17, 15) is 18.3 Å². The Bertz CT molecular complexity index is 893. The van der Waals surface area contributed by atoms with Crippen molar-refractivity contribution < 1.29 is 27.8 Å². The van der Waals surface area contributed by atoms with Gasteiger partial charge in [0.15, 0.2) is 0 Å². The van der Waals surface area contributed by atoms with Gasteiger partial charge in [-0.05, 0) is 50.9 Å². The molecule has 1 amide bonds. The molecule has 3 aliphatic rings. The van der Waals surface area contributed by atoms with Crippen molar-refractivity contribution in [2.24, 2.45) is 0 Å². The summed E-state index contributed by atoms with van der Waals surface area (Å²) in [7, 11) is -3.81. The molecule has 3 heterocycles. The molecule has 10 heteroatoms. The highest BCUT2D eigenvalue weighted by atomic mass is 32.2. The molecule has 0 unspecified atom stereocenters. The predicted molar refractivity (Wildman–Crippen MR) is 127 cm³/mol. The van der Waals surface area contributed by atoms with E-state index >= 15 is 0 Å². The zero-order valence-electron chi connectivity index (χ0n) is 19.7. The van der Waals surface area contributed by atoms with E-state index in [2.05, 4.69) is 10.2 Å². The largest absolute Gasteiger partial charge is 0.389 e. The van der Waals surface area contributed by atoms with E-state index in [0.717, 1.165) is 19.6 Å². The standard InChI is InChI=1S/C24H37N3O6S/c28-19-16-27(34(30,31)21-7-3-1-4-8-21)22-10-9-20(33-23(22)18-32-17-19)15-24(29)25-11-14-26-12-5-2-6-13-26/h1,3-4,7-8,19-20,22-23,28H,2,5-6,9-18H2,(H,25,29)/t19-,20-,22-,23+/m1/s1. The molecule has 0 bridgehead atoms. The predicted octanol–water partition coefficient (Wildman–Crippen LogP) is 0.977. The Labute approximate surface area is 202 Å². The van der Waals surface area contributed by atoms with Gasteiger partial charge in [-0.25, -0.2) is 8.42 Å². The van der Waals surface area contributed by atoms with Crippen LogP contribution in [0.1, 0.15) is 38.5 Å². The molecule has 3 aliphatic heterocycles. The summed E-state index contributed by atoms with van der Waals surface area (Å²) in [5, 5.41) is 13.3. The fourth-order valence-corrected chi connectivity index (χ4v) is 6.85. The lowest BCUT2D eigenvalue weighted by molar-refractivity contribution is -0.146. The minimum atomic E-state index is -3.81. The number of fused-ring (bicyclic) bond motifs is 1. The van der Waals surface area contributed by atoms with E-state index in [1.54, 1.807) is 30.3 Å². The number of rotatable bonds is 7. The van der Waals surface area contributed by atoms with E-state index in [1.807, 2.05) is 0 Å². The second kappa shape index (κ2) is 11.9. The number of hydrogen-bond acceptors (Lipinski definition) is 7. The number of carbonyl (C=O) groups excluding carboxylic acids is 1. The van der Waals surface area contributed by atoms with Crippen molar-refractivity contribution in [2.75, 3.05) is 45.9 Å². The minimum absolute atomic E-state index is 0.0367. The molecule has 3 saturated heterocycles. The summed E-state index contributed by atoms with van der Waals surface area (Å²) in [6.07, 6.45) is 3.40. The number of aliphatic hydroxyl groups excluding tert-OH is 1. The van der Waals surface area contributed by atoms with Crippen LogP contribution in [0, 0.1) is 0 Å². The van der Waals surface area contributed by atoms with E-state index in [0.29, 0.717) is 19.4 Å². The molecule has 1 aromatic carbocycles. The van der Waals surface area contributed by atoms with Crippen molar-refractivity contribution in [3.63, 3.8) is 0 Å². The zero-order chi connectivity index (χ0) is 24.0. The summed E-state index contributed by atoms with van der Waals surface area (Å²) in [5.41, 5.74) is 0. The molecule has 34 heavy (non-hydrogen) atoms. The van der Waals surface area contributed by atoms with Gasteiger partial charge in [-0.1, -0.05) is 24.6 Å². The average Bonchev–Trinajstić information content (AvgIpc) is 2.83. The van der Waals surface area contributed by atoms with Crippen LogP contribution in [-0.2, 0) is 24.3 Å². The highest BCUT2D eigenvalue weighted by Crippen LogP contribution is 2.31. The fourth-order valence-electron chi connectivity index (χ4n) is 5.11. The van der Waals surface area contributed by atoms with Crippen LogP contribution in [0.4, 0.5) is 0 Å². The van der Waals surface area contributed by atoms with Crippen LogP contribution in [0.25, 0.3) is 0 Å². The smallest absolute Gasteiger partial charge is 0.243 e. The Morgan fingerprint density at radius 1 is 1.09 bits per heavy atom. The molecule has 3 fully saturated rings. The van der Waals surface area contributed by atoms with Gasteiger partial charge in [-0.15, -0.1) is 0 Å². The summed E-state index contributed by atoms with van der Waals surface area (Å²) in [6.45, 7) is 3.85. The third-order valence-electron chi connectivity index (χ3n) is 6.90. The lowest BCUT2D eigenvalue weighted by atomic mass is 9.96. The van der Waals surface area contributed by atoms with Crippen molar-refractivity contribution in [2.45, 2.75) is 67.8 Å². The number of ether oxygens (including phenoxy) is 2. The van der Waals surface area contributed by atoms with Gasteiger partial charge in [-0.2, -0.15) is 4.31 Å². The normalized spacial score (nSPS) is 29.6. The van der Waals surface area contributed by atoms with Crippen LogP contribution in [0.3, 0.4) is 0 Å². The topological polar surface area (TPSA) is 108 Å². The molecular formula is C24H37N3O6S. The van der Waals surface area contributed by atoms with Gasteiger partial charge in [0.1, 0.15) is 0 Å². The summed E-state index contributed by atoms with van der Waals surface area (Å²) < 4.78 is 40.0. The number of hydrogen-bond donors (Lipinski definition) is 2. The Morgan fingerprint density at radius 3 is 2.62 bits per heavy atom. The molecule has 0 spiro atoms. The summed E-state index contributed by atoms with van der Waals surface area (Å²) in [6, 6.07) is 7.80. The zero-order valence-corrected chi connectivity index (χ0v) is 20.5. The number of carbonyl (C=O) groups is 1. The van der Waals surface area contributed by atoms with Gasteiger partial charge in [0.25, 0.3) is 0 Å². The summed E-state index contributed by atoms with van der Waals surface area (Å²) in [5.74, 6) is -0.0450. The number of piperidine rings is 1. The van der Waals surface area contributed by atoms with Crippen molar-refractivity contribution in [3.05, 3.63) is 30.3 Å². The lowest BCUT2D eigenvalue weighted by Gasteiger charge is -2.43. The van der Waals surface area contributed by atoms with Crippen LogP contribution >= 0.6 is 0 Å². The van der Waals surface area contributed by atoms with Crippen molar-refractivity contribution in [1.82, 2.24) is 14.5 Å². The van der Waals surface area contributed by atoms with Gasteiger partial charge >= 0.3 is 0 Å². The van der Waals surface area contributed by atoms with Crippen LogP contribution in [0.15, 0.2) is 35.2 Å². The summed E-state index contributed by atoms with van der Waals surface area (Å²) in [4.78, 5) is 15.1. The molecule has 0 radical (unpaired) electrons. The first-order valence-corrected chi connectivity index (χ1v) is 13.8. The van der Waals surface area contributed by atoms with E-state index in [-0.39, 0.29) is 43.1 Å². The van der Waals surface area contributed by atoms with Crippen molar-refractivity contribution >= 4 is 15.9 Å². The van der Waals surface area contributed by atoms with Gasteiger partial charge < -0.3 is 24.8 Å². The third-order valence-corrected chi connectivity index (χ3v) is 8.80. The number of nitrogens with one attached hydrogen (secondary N) is 1. The van der Waals surface area contributed by atoms with Crippen LogP contribution in [-0.4, -0.2) is 98.9 Å². The summed E-state index contributed by atoms with van der Waals surface area (Å²) >= 11 is 0. The quantitative estimate of drug-likeness (QED) is 0.580. The fraction of sp³-hybridized carbons (Fsp3) is 0.708. The molecule has 4 atom stereocenters. The number of likely N-dealkylation sites (tertiary alicyclic amines) is 1. The van der Waals surface area contributed by atoms with Gasteiger partial charge in [-0.3, -0.25) is 4.79 Å².